The summed E-state index contributed by atoms with van der Waals surface area (Å²) >= 11 is 1.58. The van der Waals surface area contributed by atoms with Crippen molar-refractivity contribution in [1.82, 2.24) is 15.0 Å². The summed E-state index contributed by atoms with van der Waals surface area (Å²) in [6.45, 7) is 3.97. The molecule has 0 radical (unpaired) electrons. The normalized spacial score (nSPS) is 11.6. The zero-order chi connectivity index (χ0) is 18.0. The summed E-state index contributed by atoms with van der Waals surface area (Å²) in [6, 6.07) is 6.54. The monoisotopic (exact) mass is 364 g/mol. The van der Waals surface area contributed by atoms with Gasteiger partial charge in [-0.25, -0.2) is 15.0 Å². The number of hydrogen-bond donors (Lipinski definition) is 1. The topological polar surface area (TPSA) is 50.7 Å². The number of thiazole rings is 1. The number of rotatable bonds is 4. The third-order valence-electron chi connectivity index (χ3n) is 3.50. The Morgan fingerprint density at radius 2 is 1.80 bits per heavy atom. The van der Waals surface area contributed by atoms with Crippen LogP contribution >= 0.6 is 11.3 Å². The predicted octanol–water partition coefficient (Wildman–Crippen LogP) is 5.23. The van der Waals surface area contributed by atoms with Gasteiger partial charge in [-0.3, -0.25) is 0 Å². The molecule has 0 atom stereocenters. The second-order valence-corrected chi connectivity index (χ2v) is 6.42. The number of alkyl halides is 3. The van der Waals surface area contributed by atoms with E-state index in [0.29, 0.717) is 11.6 Å². The summed E-state index contributed by atoms with van der Waals surface area (Å²) < 4.78 is 37.8. The van der Waals surface area contributed by atoms with Crippen molar-refractivity contribution in [2.24, 2.45) is 0 Å². The zero-order valence-electron chi connectivity index (χ0n) is 13.6. The van der Waals surface area contributed by atoms with Crippen molar-refractivity contribution < 1.29 is 13.2 Å². The molecule has 1 aromatic carbocycles. The van der Waals surface area contributed by atoms with Crippen molar-refractivity contribution in [2.45, 2.75) is 26.4 Å². The van der Waals surface area contributed by atoms with Crippen molar-refractivity contribution in [2.75, 3.05) is 5.32 Å². The van der Waals surface area contributed by atoms with Gasteiger partial charge in [0.15, 0.2) is 0 Å². The lowest BCUT2D eigenvalue weighted by atomic mass is 10.2. The fourth-order valence-electron chi connectivity index (χ4n) is 2.26. The van der Waals surface area contributed by atoms with Crippen LogP contribution in [0.5, 0.6) is 0 Å². The van der Waals surface area contributed by atoms with E-state index >= 15 is 0 Å². The first-order valence-corrected chi connectivity index (χ1v) is 8.42. The van der Waals surface area contributed by atoms with Gasteiger partial charge in [0.1, 0.15) is 0 Å². The van der Waals surface area contributed by atoms with E-state index in [2.05, 4.69) is 20.3 Å². The van der Waals surface area contributed by atoms with Crippen LogP contribution in [0.25, 0.3) is 10.6 Å². The molecule has 0 fully saturated rings. The van der Waals surface area contributed by atoms with E-state index in [4.69, 9.17) is 0 Å². The van der Waals surface area contributed by atoms with Crippen LogP contribution < -0.4 is 5.32 Å². The van der Waals surface area contributed by atoms with Gasteiger partial charge in [0, 0.05) is 11.9 Å². The van der Waals surface area contributed by atoms with Crippen molar-refractivity contribution in [3.63, 3.8) is 0 Å². The largest absolute Gasteiger partial charge is 0.416 e. The first-order valence-electron chi connectivity index (χ1n) is 7.61. The molecule has 1 N–H and O–H groups in total. The molecule has 0 unspecified atom stereocenters. The van der Waals surface area contributed by atoms with Gasteiger partial charge in [0.05, 0.1) is 26.8 Å². The molecular weight excluding hydrogens is 349 g/mol. The van der Waals surface area contributed by atoms with Crippen LogP contribution in [0.3, 0.4) is 0 Å². The van der Waals surface area contributed by atoms with Gasteiger partial charge >= 0.3 is 6.18 Å². The standard InChI is InChI=1S/C17H15F3N4S/c1-3-14-22-10(2)15(25-14)13-8-9-21-16(24-13)23-12-6-4-11(5-7-12)17(18,19)20/h4-9H,3H2,1-2H3,(H,21,23,24). The average Bonchev–Trinajstić information content (AvgIpc) is 2.96. The quantitative estimate of drug-likeness (QED) is 0.688. The molecule has 0 saturated carbocycles. The summed E-state index contributed by atoms with van der Waals surface area (Å²) in [5.74, 6) is 0.322. The Labute approximate surface area is 146 Å². The highest BCUT2D eigenvalue weighted by atomic mass is 32.1. The Balaban J connectivity index is 1.83. The molecule has 0 aliphatic heterocycles. The minimum Gasteiger partial charge on any atom is -0.324 e. The fraction of sp³-hybridized carbons (Fsp3) is 0.235. The third kappa shape index (κ3) is 3.96. The van der Waals surface area contributed by atoms with E-state index in [1.807, 2.05) is 13.8 Å². The van der Waals surface area contributed by atoms with Gasteiger partial charge in [0.2, 0.25) is 5.95 Å². The second kappa shape index (κ2) is 6.79. The van der Waals surface area contributed by atoms with Crippen LogP contribution in [0.2, 0.25) is 0 Å². The number of anilines is 2. The van der Waals surface area contributed by atoms with E-state index in [9.17, 15) is 13.2 Å². The van der Waals surface area contributed by atoms with E-state index in [1.165, 1.54) is 12.1 Å². The van der Waals surface area contributed by atoms with Gasteiger partial charge < -0.3 is 5.32 Å². The molecule has 2 heterocycles. The lowest BCUT2D eigenvalue weighted by Gasteiger charge is -2.09. The zero-order valence-corrected chi connectivity index (χ0v) is 14.4. The Morgan fingerprint density at radius 1 is 1.08 bits per heavy atom. The van der Waals surface area contributed by atoms with Gasteiger partial charge in [-0.1, -0.05) is 6.92 Å². The van der Waals surface area contributed by atoms with E-state index < -0.39 is 11.7 Å². The molecule has 0 saturated heterocycles. The second-order valence-electron chi connectivity index (χ2n) is 5.34. The molecule has 0 spiro atoms. The molecule has 8 heteroatoms. The lowest BCUT2D eigenvalue weighted by Crippen LogP contribution is -2.04. The highest BCUT2D eigenvalue weighted by Gasteiger charge is 2.29. The summed E-state index contributed by atoms with van der Waals surface area (Å²) in [6.07, 6.45) is -1.89. The highest BCUT2D eigenvalue weighted by molar-refractivity contribution is 7.15. The number of halogens is 3. The molecular formula is C17H15F3N4S. The van der Waals surface area contributed by atoms with Crippen molar-refractivity contribution in [3.05, 3.63) is 52.8 Å². The number of benzene rings is 1. The number of nitrogens with one attached hydrogen (secondary N) is 1. The van der Waals surface area contributed by atoms with Crippen molar-refractivity contribution >= 4 is 23.0 Å². The molecule has 4 nitrogen and oxygen atoms in total. The SMILES string of the molecule is CCc1nc(C)c(-c2ccnc(Nc3ccc(C(F)(F)F)cc3)n2)s1. The summed E-state index contributed by atoms with van der Waals surface area (Å²) in [5, 5.41) is 3.96. The first kappa shape index (κ1) is 17.3. The van der Waals surface area contributed by atoms with Gasteiger partial charge in [-0.05, 0) is 43.7 Å². The maximum Gasteiger partial charge on any atom is 0.416 e. The van der Waals surface area contributed by atoms with E-state index in [0.717, 1.165) is 39.8 Å². The highest BCUT2D eigenvalue weighted by Crippen LogP contribution is 2.31. The molecule has 25 heavy (non-hydrogen) atoms. The molecule has 130 valence electrons. The molecule has 0 amide bonds. The Bertz CT molecular complexity index is 872. The average molecular weight is 364 g/mol. The maximum absolute atomic E-state index is 12.6. The van der Waals surface area contributed by atoms with Gasteiger partial charge in [-0.15, -0.1) is 11.3 Å². The van der Waals surface area contributed by atoms with Crippen LogP contribution in [-0.4, -0.2) is 15.0 Å². The van der Waals surface area contributed by atoms with Gasteiger partial charge in [0.25, 0.3) is 0 Å². The third-order valence-corrected chi connectivity index (χ3v) is 4.82. The Kier molecular flexibility index (Phi) is 4.71. The number of nitrogens with zero attached hydrogens (tertiary/aromatic N) is 3. The molecule has 0 aliphatic rings. The summed E-state index contributed by atoms with van der Waals surface area (Å²) in [5.41, 5.74) is 1.43. The van der Waals surface area contributed by atoms with Crippen LogP contribution in [0.1, 0.15) is 23.2 Å². The van der Waals surface area contributed by atoms with Crippen LogP contribution in [0.4, 0.5) is 24.8 Å². The number of hydrogen-bond acceptors (Lipinski definition) is 5. The first-order chi connectivity index (χ1) is 11.9. The van der Waals surface area contributed by atoms with Crippen LogP contribution in [0.15, 0.2) is 36.5 Å². The van der Waals surface area contributed by atoms with Crippen LogP contribution in [-0.2, 0) is 12.6 Å². The number of aryl methyl sites for hydroxylation is 2. The maximum atomic E-state index is 12.6. The Hall–Kier alpha value is -2.48. The molecule has 3 aromatic rings. The summed E-state index contributed by atoms with van der Waals surface area (Å²) in [4.78, 5) is 14.0. The van der Waals surface area contributed by atoms with Crippen LogP contribution in [0, 0.1) is 6.92 Å². The Morgan fingerprint density at radius 3 is 2.40 bits per heavy atom. The molecule has 0 aliphatic carbocycles. The smallest absolute Gasteiger partial charge is 0.324 e. The fourth-order valence-corrected chi connectivity index (χ4v) is 3.23. The van der Waals surface area contributed by atoms with E-state index in [-0.39, 0.29) is 0 Å². The molecule has 3 rings (SSSR count). The van der Waals surface area contributed by atoms with Gasteiger partial charge in [-0.2, -0.15) is 13.2 Å². The lowest BCUT2D eigenvalue weighted by molar-refractivity contribution is -0.137. The molecule has 2 aromatic heterocycles. The van der Waals surface area contributed by atoms with Crippen molar-refractivity contribution in [3.8, 4) is 10.6 Å². The predicted molar refractivity (Wildman–Crippen MR) is 92.0 cm³/mol. The summed E-state index contributed by atoms with van der Waals surface area (Å²) in [7, 11) is 0. The minimum absolute atomic E-state index is 0.322. The molecule has 0 bridgehead atoms. The van der Waals surface area contributed by atoms with E-state index in [1.54, 1.807) is 23.6 Å². The van der Waals surface area contributed by atoms with Crippen molar-refractivity contribution in [1.29, 1.82) is 0 Å². The number of aromatic nitrogens is 3. The minimum atomic E-state index is -4.35.